The van der Waals surface area contributed by atoms with E-state index in [1.165, 1.54) is 5.57 Å². The Labute approximate surface area is 199 Å². The molecule has 9 nitrogen and oxygen atoms in total. The highest BCUT2D eigenvalue weighted by atomic mass is 16.5. The maximum absolute atomic E-state index is 6.26. The summed E-state index contributed by atoms with van der Waals surface area (Å²) in [5, 5.41) is 15.2. The van der Waals surface area contributed by atoms with Gasteiger partial charge in [0.15, 0.2) is 5.65 Å². The highest BCUT2D eigenvalue weighted by Crippen LogP contribution is 2.38. The van der Waals surface area contributed by atoms with E-state index in [-0.39, 0.29) is 6.04 Å². The summed E-state index contributed by atoms with van der Waals surface area (Å²) in [7, 11) is 0. The predicted octanol–water partition coefficient (Wildman–Crippen LogP) is 2.45. The molecule has 2 aromatic heterocycles. The number of ether oxygens (including phenoxy) is 1. The first-order valence-corrected chi connectivity index (χ1v) is 12.3. The molecule has 2 fully saturated rings. The topological polar surface area (TPSA) is 105 Å². The zero-order valence-electron chi connectivity index (χ0n) is 19.3. The average molecular weight is 461 g/mol. The van der Waals surface area contributed by atoms with Crippen molar-refractivity contribution in [2.45, 2.75) is 31.3 Å². The van der Waals surface area contributed by atoms with Gasteiger partial charge in [-0.3, -0.25) is 4.90 Å². The van der Waals surface area contributed by atoms with Crippen LogP contribution in [0.3, 0.4) is 0 Å². The third-order valence-electron chi connectivity index (χ3n) is 6.97. The second kappa shape index (κ2) is 9.25. The number of hydrogen-bond acceptors (Lipinski definition) is 8. The number of piperazine rings is 1. The molecule has 1 saturated heterocycles. The summed E-state index contributed by atoms with van der Waals surface area (Å²) in [5.41, 5.74) is 10.4. The number of anilines is 3. The molecule has 1 saturated carbocycles. The number of hydrogen-bond donors (Lipinski definition) is 4. The summed E-state index contributed by atoms with van der Waals surface area (Å²) in [6, 6.07) is 10.6. The number of rotatable bonds is 6. The molecular weight excluding hydrogens is 428 g/mol. The van der Waals surface area contributed by atoms with Crippen LogP contribution < -0.4 is 26.4 Å². The summed E-state index contributed by atoms with van der Waals surface area (Å²) in [5.74, 6) is 2.64. The van der Waals surface area contributed by atoms with E-state index in [0.29, 0.717) is 12.6 Å². The summed E-state index contributed by atoms with van der Waals surface area (Å²) >= 11 is 0. The Hall–Kier alpha value is -3.14. The molecule has 9 heteroatoms. The monoisotopic (exact) mass is 460 g/mol. The van der Waals surface area contributed by atoms with Crippen molar-refractivity contribution in [3.8, 4) is 5.75 Å². The number of nitrogens with zero attached hydrogens (tertiary/aromatic N) is 4. The van der Waals surface area contributed by atoms with Crippen LogP contribution in [0.15, 0.2) is 42.1 Å². The number of nitrogens with one attached hydrogen (secondary N) is 3. The van der Waals surface area contributed by atoms with Gasteiger partial charge in [0.2, 0.25) is 0 Å². The molecule has 1 aromatic carbocycles. The van der Waals surface area contributed by atoms with Gasteiger partial charge < -0.3 is 26.4 Å². The van der Waals surface area contributed by atoms with Gasteiger partial charge in [0, 0.05) is 62.6 Å². The first-order valence-electron chi connectivity index (χ1n) is 12.3. The van der Waals surface area contributed by atoms with Crippen LogP contribution in [0.1, 0.15) is 24.8 Å². The Morgan fingerprint density at radius 1 is 1.18 bits per heavy atom. The van der Waals surface area contributed by atoms with Crippen LogP contribution in [-0.2, 0) is 0 Å². The first-order chi connectivity index (χ1) is 16.7. The van der Waals surface area contributed by atoms with Crippen molar-refractivity contribution >= 4 is 29.0 Å². The highest BCUT2D eigenvalue weighted by molar-refractivity contribution is 5.83. The smallest absolute Gasteiger partial charge is 0.159 e. The SMILES string of the molecule is N[C@@H]1CC[C@H]2Nc3nc4ccnn4c(Nc4cccc(OCCN5CCNCC5)c4)c3C=C2C1. The molecule has 3 aliphatic rings. The van der Waals surface area contributed by atoms with Crippen LogP contribution in [0.5, 0.6) is 5.75 Å². The lowest BCUT2D eigenvalue weighted by Crippen LogP contribution is -2.44. The molecule has 4 heterocycles. The van der Waals surface area contributed by atoms with E-state index in [1.807, 2.05) is 34.8 Å². The Kier molecular flexibility index (Phi) is 5.82. The fourth-order valence-electron chi connectivity index (χ4n) is 5.14. The van der Waals surface area contributed by atoms with Crippen LogP contribution in [0.2, 0.25) is 0 Å². The highest BCUT2D eigenvalue weighted by Gasteiger charge is 2.29. The maximum atomic E-state index is 6.26. The van der Waals surface area contributed by atoms with Gasteiger partial charge in [-0.25, -0.2) is 4.98 Å². The fourth-order valence-corrected chi connectivity index (χ4v) is 5.14. The number of aromatic nitrogens is 3. The lowest BCUT2D eigenvalue weighted by Gasteiger charge is -2.34. The van der Waals surface area contributed by atoms with Gasteiger partial charge in [-0.05, 0) is 43.0 Å². The molecule has 1 aliphatic carbocycles. The minimum absolute atomic E-state index is 0.221. The Balaban J connectivity index is 1.25. The number of nitrogens with two attached hydrogens (primary N) is 1. The van der Waals surface area contributed by atoms with Crippen LogP contribution in [0.25, 0.3) is 11.7 Å². The molecule has 0 amide bonds. The fraction of sp³-hybridized carbons (Fsp3) is 0.440. The van der Waals surface area contributed by atoms with Crippen molar-refractivity contribution < 1.29 is 4.74 Å². The Morgan fingerprint density at radius 2 is 2.09 bits per heavy atom. The quantitative estimate of drug-likeness (QED) is 0.445. The summed E-state index contributed by atoms with van der Waals surface area (Å²) in [4.78, 5) is 7.26. The molecule has 2 atom stereocenters. The molecule has 2 aliphatic heterocycles. The van der Waals surface area contributed by atoms with E-state index in [9.17, 15) is 0 Å². The third kappa shape index (κ3) is 4.34. The molecule has 0 unspecified atom stereocenters. The zero-order chi connectivity index (χ0) is 22.9. The lowest BCUT2D eigenvalue weighted by molar-refractivity contribution is 0.191. The average Bonchev–Trinajstić information content (AvgIpc) is 3.32. The minimum atomic E-state index is 0.221. The molecule has 3 aromatic rings. The van der Waals surface area contributed by atoms with Gasteiger partial charge in [-0.1, -0.05) is 6.07 Å². The third-order valence-corrected chi connectivity index (χ3v) is 6.97. The molecule has 34 heavy (non-hydrogen) atoms. The first kappa shape index (κ1) is 21.4. The molecule has 0 radical (unpaired) electrons. The van der Waals surface area contributed by atoms with Gasteiger partial charge in [0.1, 0.15) is 24.0 Å². The summed E-state index contributed by atoms with van der Waals surface area (Å²) in [6.45, 7) is 5.87. The second-order valence-corrected chi connectivity index (χ2v) is 9.37. The van der Waals surface area contributed by atoms with Gasteiger partial charge in [0.25, 0.3) is 0 Å². The van der Waals surface area contributed by atoms with Gasteiger partial charge in [-0.2, -0.15) is 9.61 Å². The van der Waals surface area contributed by atoms with Crippen molar-refractivity contribution in [3.63, 3.8) is 0 Å². The maximum Gasteiger partial charge on any atom is 0.159 e. The molecule has 0 bridgehead atoms. The van der Waals surface area contributed by atoms with Crippen molar-refractivity contribution in [1.29, 1.82) is 0 Å². The summed E-state index contributed by atoms with van der Waals surface area (Å²) in [6.07, 6.45) is 7.01. The molecular formula is C25H32N8O. The standard InChI is InChI=1S/C25H32N8O/c26-18-4-5-22-17(14-18)15-21-24(30-22)31-23-6-7-28-33(23)25(21)29-19-2-1-3-20(16-19)34-13-12-32-10-8-27-9-11-32/h1-3,6-7,15-16,18,22,27,29H,4-5,8-14,26H2,(H,30,31)/t18-,22-/m1/s1. The van der Waals surface area contributed by atoms with Crippen molar-refractivity contribution in [1.82, 2.24) is 24.8 Å². The number of benzene rings is 1. The summed E-state index contributed by atoms with van der Waals surface area (Å²) < 4.78 is 7.94. The lowest BCUT2D eigenvalue weighted by atomic mass is 9.84. The van der Waals surface area contributed by atoms with E-state index >= 15 is 0 Å². The van der Waals surface area contributed by atoms with Crippen molar-refractivity contribution in [3.05, 3.63) is 47.7 Å². The van der Waals surface area contributed by atoms with Crippen LogP contribution in [-0.4, -0.2) is 70.9 Å². The largest absolute Gasteiger partial charge is 0.492 e. The van der Waals surface area contributed by atoms with E-state index < -0.39 is 0 Å². The molecule has 178 valence electrons. The second-order valence-electron chi connectivity index (χ2n) is 9.37. The van der Waals surface area contributed by atoms with Crippen molar-refractivity contribution in [2.24, 2.45) is 5.73 Å². The van der Waals surface area contributed by atoms with Gasteiger partial charge in [-0.15, -0.1) is 0 Å². The van der Waals surface area contributed by atoms with Gasteiger partial charge >= 0.3 is 0 Å². The van der Waals surface area contributed by atoms with Crippen LogP contribution in [0.4, 0.5) is 17.3 Å². The molecule has 5 N–H and O–H groups in total. The zero-order valence-corrected chi connectivity index (χ0v) is 19.3. The van der Waals surface area contributed by atoms with E-state index in [4.69, 9.17) is 15.5 Å². The normalized spacial score (nSPS) is 22.4. The molecule has 6 rings (SSSR count). The van der Waals surface area contributed by atoms with Crippen LogP contribution in [0, 0.1) is 0 Å². The Morgan fingerprint density at radius 3 is 3.00 bits per heavy atom. The Bertz CT molecular complexity index is 1200. The van der Waals surface area contributed by atoms with Crippen LogP contribution >= 0.6 is 0 Å². The number of fused-ring (bicyclic) bond motifs is 3. The van der Waals surface area contributed by atoms with E-state index in [1.54, 1.807) is 6.20 Å². The van der Waals surface area contributed by atoms with Crippen molar-refractivity contribution in [2.75, 3.05) is 50.0 Å². The van der Waals surface area contributed by atoms with Gasteiger partial charge in [0.05, 0.1) is 11.8 Å². The van der Waals surface area contributed by atoms with E-state index in [0.717, 1.165) is 86.3 Å². The predicted molar refractivity (Wildman–Crippen MR) is 135 cm³/mol. The molecule has 0 spiro atoms. The minimum Gasteiger partial charge on any atom is -0.492 e. The van der Waals surface area contributed by atoms with E-state index in [2.05, 4.69) is 32.0 Å².